The average Bonchev–Trinajstić information content (AvgIpc) is 2.90. The highest BCUT2D eigenvalue weighted by Crippen LogP contribution is 2.38. The van der Waals surface area contributed by atoms with E-state index in [9.17, 15) is 8.42 Å². The molecular weight excluding hydrogens is 310 g/mol. The number of nitrogens with one attached hydrogen (secondary N) is 1. The molecule has 0 saturated heterocycles. The van der Waals surface area contributed by atoms with Crippen LogP contribution in [0.25, 0.3) is 10.9 Å². The first kappa shape index (κ1) is 15.7. The maximum Gasteiger partial charge on any atom is 0.215 e. The lowest BCUT2D eigenvalue weighted by Gasteiger charge is -2.31. The van der Waals surface area contributed by atoms with E-state index in [2.05, 4.69) is 9.97 Å². The molecule has 3 N–H and O–H groups in total. The van der Waals surface area contributed by atoms with Crippen LogP contribution in [0.15, 0.2) is 54.7 Å². The molecule has 1 unspecified atom stereocenters. The number of para-hydroxylation sites is 1. The van der Waals surface area contributed by atoms with Crippen LogP contribution in [0.3, 0.4) is 0 Å². The van der Waals surface area contributed by atoms with Crippen LogP contribution >= 0.6 is 0 Å². The Hall–Kier alpha value is -2.18. The number of aromatic nitrogens is 2. The number of sulfonamides is 1. The van der Waals surface area contributed by atoms with Gasteiger partial charge in [0.15, 0.2) is 0 Å². The topological polar surface area (TPSA) is 88.8 Å². The Kier molecular flexibility index (Phi) is 3.74. The van der Waals surface area contributed by atoms with E-state index in [1.54, 1.807) is 26.1 Å². The first-order chi connectivity index (χ1) is 10.8. The van der Waals surface area contributed by atoms with Crippen molar-refractivity contribution in [2.45, 2.75) is 24.5 Å². The molecule has 120 valence electrons. The number of aromatic amines is 1. The maximum absolute atomic E-state index is 12.2. The molecule has 0 fully saturated rings. The summed E-state index contributed by atoms with van der Waals surface area (Å²) in [6, 6.07) is 15.2. The van der Waals surface area contributed by atoms with Crippen molar-refractivity contribution in [1.82, 2.24) is 9.97 Å². The number of benzene rings is 1. The van der Waals surface area contributed by atoms with Gasteiger partial charge in [-0.25, -0.2) is 13.6 Å². The highest BCUT2D eigenvalue weighted by atomic mass is 32.2. The van der Waals surface area contributed by atoms with E-state index in [-0.39, 0.29) is 0 Å². The fourth-order valence-corrected chi connectivity index (χ4v) is 3.43. The highest BCUT2D eigenvalue weighted by molar-refractivity contribution is 7.90. The SMILES string of the molecule is CC(C)(C(c1ccccn1)c1cc2ccccc2[nH]1)S(N)(=O)=O. The second kappa shape index (κ2) is 5.47. The van der Waals surface area contributed by atoms with Gasteiger partial charge in [0.1, 0.15) is 0 Å². The van der Waals surface area contributed by atoms with E-state index in [0.29, 0.717) is 5.69 Å². The molecule has 5 nitrogen and oxygen atoms in total. The molecule has 0 aliphatic carbocycles. The van der Waals surface area contributed by atoms with Crippen LogP contribution in [0.4, 0.5) is 0 Å². The Morgan fingerprint density at radius 2 is 1.83 bits per heavy atom. The summed E-state index contributed by atoms with van der Waals surface area (Å²) < 4.78 is 23.2. The third-order valence-electron chi connectivity index (χ3n) is 4.27. The van der Waals surface area contributed by atoms with Gasteiger partial charge in [-0.15, -0.1) is 0 Å². The van der Waals surface area contributed by atoms with Gasteiger partial charge in [-0.1, -0.05) is 24.3 Å². The summed E-state index contributed by atoms with van der Waals surface area (Å²) in [4.78, 5) is 7.68. The molecule has 0 bridgehead atoms. The molecule has 23 heavy (non-hydrogen) atoms. The van der Waals surface area contributed by atoms with Crippen LogP contribution in [0, 0.1) is 0 Å². The predicted octanol–water partition coefficient (Wildman–Crippen LogP) is 2.76. The largest absolute Gasteiger partial charge is 0.358 e. The quantitative estimate of drug-likeness (QED) is 0.771. The summed E-state index contributed by atoms with van der Waals surface area (Å²) in [6.45, 7) is 3.26. The van der Waals surface area contributed by atoms with Gasteiger partial charge in [-0.2, -0.15) is 0 Å². The average molecular weight is 329 g/mol. The Labute approximate surface area is 135 Å². The van der Waals surface area contributed by atoms with Crippen LogP contribution in [-0.4, -0.2) is 23.1 Å². The molecule has 3 rings (SSSR count). The van der Waals surface area contributed by atoms with Gasteiger partial charge < -0.3 is 4.98 Å². The second-order valence-corrected chi connectivity index (χ2v) is 8.29. The number of nitrogens with zero attached hydrogens (tertiary/aromatic N) is 1. The van der Waals surface area contributed by atoms with E-state index in [0.717, 1.165) is 16.6 Å². The molecular formula is C17H19N3O2S. The summed E-state index contributed by atoms with van der Waals surface area (Å²) in [5.41, 5.74) is 2.40. The molecule has 2 aromatic heterocycles. The molecule has 0 spiro atoms. The molecule has 2 heterocycles. The van der Waals surface area contributed by atoms with Crippen LogP contribution in [0.5, 0.6) is 0 Å². The van der Waals surface area contributed by atoms with Crippen LogP contribution in [0.1, 0.15) is 31.2 Å². The van der Waals surface area contributed by atoms with Crippen molar-refractivity contribution in [1.29, 1.82) is 0 Å². The Bertz CT molecular complexity index is 898. The molecule has 0 aliphatic heterocycles. The van der Waals surface area contributed by atoms with Gasteiger partial charge in [0.2, 0.25) is 10.0 Å². The molecule has 0 amide bonds. The Morgan fingerprint density at radius 1 is 1.13 bits per heavy atom. The molecule has 6 heteroatoms. The van der Waals surface area contributed by atoms with Crippen molar-refractivity contribution < 1.29 is 8.42 Å². The number of fused-ring (bicyclic) bond motifs is 1. The van der Waals surface area contributed by atoms with Gasteiger partial charge in [-0.05, 0) is 43.5 Å². The summed E-state index contributed by atoms with van der Waals surface area (Å²) >= 11 is 0. The van der Waals surface area contributed by atoms with E-state index in [4.69, 9.17) is 5.14 Å². The monoisotopic (exact) mass is 329 g/mol. The summed E-state index contributed by atoms with van der Waals surface area (Å²) in [5, 5.41) is 6.54. The minimum absolute atomic E-state index is 0.494. The van der Waals surface area contributed by atoms with Gasteiger partial charge in [0, 0.05) is 17.4 Å². The third kappa shape index (κ3) is 2.75. The zero-order valence-corrected chi connectivity index (χ0v) is 13.8. The number of hydrogen-bond donors (Lipinski definition) is 2. The highest BCUT2D eigenvalue weighted by Gasteiger charge is 2.43. The van der Waals surface area contributed by atoms with Crippen LogP contribution in [-0.2, 0) is 10.0 Å². The van der Waals surface area contributed by atoms with E-state index in [1.807, 2.05) is 42.5 Å². The number of rotatable bonds is 4. The molecule has 1 aromatic carbocycles. The fraction of sp³-hybridized carbons (Fsp3) is 0.235. The van der Waals surface area contributed by atoms with Crippen LogP contribution in [0.2, 0.25) is 0 Å². The molecule has 0 saturated carbocycles. The molecule has 0 radical (unpaired) electrons. The van der Waals surface area contributed by atoms with Crippen molar-refractivity contribution in [2.24, 2.45) is 5.14 Å². The Balaban J connectivity index is 2.24. The van der Waals surface area contributed by atoms with Crippen molar-refractivity contribution in [3.8, 4) is 0 Å². The normalized spacial score (nSPS) is 14.0. The number of H-pyrrole nitrogens is 1. The van der Waals surface area contributed by atoms with Gasteiger partial charge in [0.25, 0.3) is 0 Å². The summed E-state index contributed by atoms with van der Waals surface area (Å²) in [5.74, 6) is -0.494. The number of primary sulfonamides is 1. The second-order valence-electron chi connectivity index (χ2n) is 6.15. The summed E-state index contributed by atoms with van der Waals surface area (Å²) in [7, 11) is -3.80. The molecule has 0 aliphatic rings. The predicted molar refractivity (Wildman–Crippen MR) is 91.6 cm³/mol. The zero-order chi connectivity index (χ0) is 16.7. The fourth-order valence-electron chi connectivity index (χ4n) is 2.85. The maximum atomic E-state index is 12.2. The minimum atomic E-state index is -3.80. The number of pyridine rings is 1. The van der Waals surface area contributed by atoms with Crippen molar-refractivity contribution >= 4 is 20.9 Å². The third-order valence-corrected chi connectivity index (χ3v) is 5.98. The zero-order valence-electron chi connectivity index (χ0n) is 13.0. The Morgan fingerprint density at radius 3 is 2.43 bits per heavy atom. The van der Waals surface area contributed by atoms with Gasteiger partial charge >= 0.3 is 0 Å². The van der Waals surface area contributed by atoms with Gasteiger partial charge in [0.05, 0.1) is 16.4 Å². The number of nitrogens with two attached hydrogens (primary N) is 1. The van der Waals surface area contributed by atoms with Crippen molar-refractivity contribution in [3.05, 3.63) is 66.1 Å². The number of hydrogen-bond acceptors (Lipinski definition) is 3. The van der Waals surface area contributed by atoms with E-state index >= 15 is 0 Å². The van der Waals surface area contributed by atoms with E-state index in [1.165, 1.54) is 0 Å². The smallest absolute Gasteiger partial charge is 0.215 e. The standard InChI is InChI=1S/C17H19N3O2S/c1-17(2,23(18,21)22)16(14-9-5-6-10-19-14)15-11-12-7-3-4-8-13(12)20-15/h3-11,16,20H,1-2H3,(H2,18,21,22). The molecule has 1 atom stereocenters. The first-order valence-electron chi connectivity index (χ1n) is 7.31. The van der Waals surface area contributed by atoms with Crippen molar-refractivity contribution in [2.75, 3.05) is 0 Å². The summed E-state index contributed by atoms with van der Waals surface area (Å²) in [6.07, 6.45) is 1.66. The first-order valence-corrected chi connectivity index (χ1v) is 8.86. The lowest BCUT2D eigenvalue weighted by atomic mass is 9.88. The molecule has 3 aromatic rings. The minimum Gasteiger partial charge on any atom is -0.358 e. The van der Waals surface area contributed by atoms with Gasteiger partial charge in [-0.3, -0.25) is 4.98 Å². The van der Waals surface area contributed by atoms with Crippen molar-refractivity contribution in [3.63, 3.8) is 0 Å². The lowest BCUT2D eigenvalue weighted by molar-refractivity contribution is 0.509. The lowest BCUT2D eigenvalue weighted by Crippen LogP contribution is -2.44. The van der Waals surface area contributed by atoms with Crippen LogP contribution < -0.4 is 5.14 Å². The van der Waals surface area contributed by atoms with E-state index < -0.39 is 20.7 Å².